The van der Waals surface area contributed by atoms with Gasteiger partial charge < -0.3 is 4.74 Å². The molecule has 2 aliphatic rings. The van der Waals surface area contributed by atoms with Crippen molar-refractivity contribution in [3.63, 3.8) is 0 Å². The van der Waals surface area contributed by atoms with Gasteiger partial charge in [0.2, 0.25) is 0 Å². The molecule has 1 spiro atoms. The van der Waals surface area contributed by atoms with E-state index in [1.807, 2.05) is 0 Å². The highest BCUT2D eigenvalue weighted by atomic mass is 16.5. The van der Waals surface area contributed by atoms with Crippen LogP contribution in [0.15, 0.2) is 0 Å². The lowest BCUT2D eigenvalue weighted by molar-refractivity contribution is -0.228. The van der Waals surface area contributed by atoms with E-state index in [2.05, 4.69) is 33.0 Å². The van der Waals surface area contributed by atoms with Crippen LogP contribution >= 0.6 is 0 Å². The molecule has 2 atom stereocenters. The maximum Gasteiger partial charge on any atom is 0.120 e. The van der Waals surface area contributed by atoms with Gasteiger partial charge in [0.05, 0.1) is 6.10 Å². The van der Waals surface area contributed by atoms with E-state index in [9.17, 15) is 0 Å². The Kier molecular flexibility index (Phi) is 1.97. The zero-order valence-electron chi connectivity index (χ0n) is 9.18. The third-order valence-electron chi connectivity index (χ3n) is 3.15. The Balaban J connectivity index is 2.01. The highest BCUT2D eigenvalue weighted by molar-refractivity contribution is 5.02. The summed E-state index contributed by atoms with van der Waals surface area (Å²) in [6, 6.07) is 0.611. The minimum absolute atomic E-state index is 0.0284. The van der Waals surface area contributed by atoms with E-state index in [1.54, 1.807) is 0 Å². The van der Waals surface area contributed by atoms with E-state index in [0.29, 0.717) is 17.6 Å². The van der Waals surface area contributed by atoms with Gasteiger partial charge in [-0.15, -0.1) is 0 Å². The molecule has 2 rings (SSSR count). The second-order valence-electron chi connectivity index (χ2n) is 5.72. The van der Waals surface area contributed by atoms with Gasteiger partial charge in [-0.3, -0.25) is 5.32 Å². The molecule has 1 aliphatic heterocycles. The van der Waals surface area contributed by atoms with Gasteiger partial charge in [0, 0.05) is 6.04 Å². The van der Waals surface area contributed by atoms with Crippen LogP contribution in [0, 0.1) is 5.41 Å². The van der Waals surface area contributed by atoms with Gasteiger partial charge >= 0.3 is 0 Å². The summed E-state index contributed by atoms with van der Waals surface area (Å²) in [4.78, 5) is 0. The minimum Gasteiger partial charge on any atom is -0.358 e. The summed E-state index contributed by atoms with van der Waals surface area (Å²) in [6.07, 6.45) is 3.89. The summed E-state index contributed by atoms with van der Waals surface area (Å²) in [5, 5.41) is 3.59. The molecular weight excluding hydrogens is 162 g/mol. The van der Waals surface area contributed by atoms with Crippen molar-refractivity contribution in [3.8, 4) is 0 Å². The SMILES string of the molecule is CC1CC(C)OC2(CC(C)(C)C2)N1. The van der Waals surface area contributed by atoms with E-state index in [4.69, 9.17) is 4.74 Å². The topological polar surface area (TPSA) is 21.3 Å². The fourth-order valence-corrected chi connectivity index (χ4v) is 3.15. The summed E-state index contributed by atoms with van der Waals surface area (Å²) in [5.41, 5.74) is 0.504. The number of nitrogens with one attached hydrogen (secondary N) is 1. The lowest BCUT2D eigenvalue weighted by atomic mass is 9.64. The van der Waals surface area contributed by atoms with Gasteiger partial charge in [-0.25, -0.2) is 0 Å². The smallest absolute Gasteiger partial charge is 0.120 e. The van der Waals surface area contributed by atoms with Crippen LogP contribution in [0.3, 0.4) is 0 Å². The second kappa shape index (κ2) is 2.71. The molecule has 1 aliphatic carbocycles. The molecule has 1 saturated heterocycles. The van der Waals surface area contributed by atoms with Crippen LogP contribution in [0.1, 0.15) is 47.0 Å². The number of ether oxygens (including phenoxy) is 1. The standard InChI is InChI=1S/C11H21NO/c1-8-5-9(2)13-11(12-8)6-10(3,4)7-11/h8-9,12H,5-7H2,1-4H3. The largest absolute Gasteiger partial charge is 0.358 e. The Bertz CT molecular complexity index is 185. The Morgan fingerprint density at radius 3 is 2.31 bits per heavy atom. The Morgan fingerprint density at radius 2 is 1.85 bits per heavy atom. The van der Waals surface area contributed by atoms with Crippen LogP contribution in [0.5, 0.6) is 0 Å². The van der Waals surface area contributed by atoms with E-state index >= 15 is 0 Å². The first-order chi connectivity index (χ1) is 5.91. The average Bonchev–Trinajstić information content (AvgIpc) is 1.77. The molecule has 0 bridgehead atoms. The fraction of sp³-hybridized carbons (Fsp3) is 1.00. The molecule has 0 aromatic heterocycles. The first-order valence-electron chi connectivity index (χ1n) is 5.36. The van der Waals surface area contributed by atoms with Crippen molar-refractivity contribution in [2.24, 2.45) is 5.41 Å². The van der Waals surface area contributed by atoms with Gasteiger partial charge in [-0.05, 0) is 38.5 Å². The summed E-state index contributed by atoms with van der Waals surface area (Å²) in [6.45, 7) is 9.07. The lowest BCUT2D eigenvalue weighted by Gasteiger charge is -2.57. The van der Waals surface area contributed by atoms with Gasteiger partial charge in [-0.2, -0.15) is 0 Å². The van der Waals surface area contributed by atoms with Crippen LogP contribution < -0.4 is 5.32 Å². The van der Waals surface area contributed by atoms with Crippen molar-refractivity contribution < 1.29 is 4.74 Å². The minimum atomic E-state index is 0.0284. The van der Waals surface area contributed by atoms with E-state index in [1.165, 1.54) is 0 Å². The quantitative estimate of drug-likeness (QED) is 0.622. The Hall–Kier alpha value is -0.0800. The Morgan fingerprint density at radius 1 is 1.23 bits per heavy atom. The molecule has 2 heteroatoms. The van der Waals surface area contributed by atoms with Crippen LogP contribution in [-0.4, -0.2) is 17.9 Å². The highest BCUT2D eigenvalue weighted by Gasteiger charge is 2.53. The first kappa shape index (κ1) is 9.47. The van der Waals surface area contributed by atoms with E-state index in [-0.39, 0.29) is 5.72 Å². The second-order valence-corrected chi connectivity index (χ2v) is 5.72. The molecule has 2 nitrogen and oxygen atoms in total. The molecule has 2 unspecified atom stereocenters. The van der Waals surface area contributed by atoms with Crippen molar-refractivity contribution in [2.75, 3.05) is 0 Å². The van der Waals surface area contributed by atoms with Gasteiger partial charge in [-0.1, -0.05) is 13.8 Å². The van der Waals surface area contributed by atoms with E-state index in [0.717, 1.165) is 19.3 Å². The molecular formula is C11H21NO. The lowest BCUT2D eigenvalue weighted by Crippen LogP contribution is -2.66. The maximum absolute atomic E-state index is 6.00. The zero-order chi connectivity index (χ0) is 9.69. The van der Waals surface area contributed by atoms with Gasteiger partial charge in [0.25, 0.3) is 0 Å². The van der Waals surface area contributed by atoms with Crippen molar-refractivity contribution in [2.45, 2.75) is 64.8 Å². The van der Waals surface area contributed by atoms with Crippen molar-refractivity contribution in [3.05, 3.63) is 0 Å². The molecule has 2 fully saturated rings. The van der Waals surface area contributed by atoms with Crippen molar-refractivity contribution in [1.29, 1.82) is 0 Å². The zero-order valence-corrected chi connectivity index (χ0v) is 9.18. The third kappa shape index (κ3) is 1.75. The molecule has 1 heterocycles. The monoisotopic (exact) mass is 183 g/mol. The van der Waals surface area contributed by atoms with Crippen LogP contribution in [0.2, 0.25) is 0 Å². The molecule has 0 amide bonds. The molecule has 0 aromatic carbocycles. The predicted molar refractivity (Wildman–Crippen MR) is 53.5 cm³/mol. The predicted octanol–water partition coefficient (Wildman–Crippen LogP) is 2.29. The molecule has 1 saturated carbocycles. The maximum atomic E-state index is 6.00. The highest BCUT2D eigenvalue weighted by Crippen LogP contribution is 2.50. The summed E-state index contributed by atoms with van der Waals surface area (Å²) >= 11 is 0. The summed E-state index contributed by atoms with van der Waals surface area (Å²) in [5.74, 6) is 0. The molecule has 1 N–H and O–H groups in total. The molecule has 0 radical (unpaired) electrons. The summed E-state index contributed by atoms with van der Waals surface area (Å²) in [7, 11) is 0. The van der Waals surface area contributed by atoms with Gasteiger partial charge in [0.15, 0.2) is 0 Å². The van der Waals surface area contributed by atoms with Crippen molar-refractivity contribution >= 4 is 0 Å². The molecule has 76 valence electrons. The first-order valence-corrected chi connectivity index (χ1v) is 5.36. The van der Waals surface area contributed by atoms with Gasteiger partial charge in [0.1, 0.15) is 5.72 Å². The number of hydrogen-bond acceptors (Lipinski definition) is 2. The molecule has 13 heavy (non-hydrogen) atoms. The third-order valence-corrected chi connectivity index (χ3v) is 3.15. The normalized spacial score (nSPS) is 41.5. The van der Waals surface area contributed by atoms with Crippen molar-refractivity contribution in [1.82, 2.24) is 5.32 Å². The van der Waals surface area contributed by atoms with Crippen LogP contribution in [0.25, 0.3) is 0 Å². The van der Waals surface area contributed by atoms with Crippen LogP contribution in [0.4, 0.5) is 0 Å². The Labute approximate surface area is 81.0 Å². The number of rotatable bonds is 0. The van der Waals surface area contributed by atoms with E-state index < -0.39 is 0 Å². The fourth-order valence-electron chi connectivity index (χ4n) is 3.15. The van der Waals surface area contributed by atoms with Crippen LogP contribution in [-0.2, 0) is 4.74 Å². The average molecular weight is 183 g/mol. The number of hydrogen-bond donors (Lipinski definition) is 1. The molecule has 0 aromatic rings. The summed E-state index contributed by atoms with van der Waals surface area (Å²) < 4.78 is 6.00.